The fraction of sp³-hybridized carbons (Fsp3) is 0.400. The van der Waals surface area contributed by atoms with Crippen molar-refractivity contribution in [1.82, 2.24) is 5.16 Å². The van der Waals surface area contributed by atoms with Crippen LogP contribution in [0.3, 0.4) is 0 Å². The van der Waals surface area contributed by atoms with Gasteiger partial charge in [-0.25, -0.2) is 8.42 Å². The van der Waals surface area contributed by atoms with Gasteiger partial charge in [0.25, 0.3) is 0 Å². The third kappa shape index (κ3) is 3.44. The summed E-state index contributed by atoms with van der Waals surface area (Å²) in [5.41, 5.74) is 3.35. The third-order valence-electron chi connectivity index (χ3n) is 3.26. The van der Waals surface area contributed by atoms with E-state index < -0.39 is 10.0 Å². The number of hydrogen-bond acceptors (Lipinski definition) is 4. The molecule has 0 aliphatic carbocycles. The second-order valence-electron chi connectivity index (χ2n) is 5.15. The van der Waals surface area contributed by atoms with Gasteiger partial charge in [-0.2, -0.15) is 0 Å². The summed E-state index contributed by atoms with van der Waals surface area (Å²) in [6.45, 7) is 7.82. The van der Waals surface area contributed by atoms with E-state index in [0.29, 0.717) is 23.7 Å². The number of aromatic nitrogens is 1. The Kier molecular flexibility index (Phi) is 4.37. The van der Waals surface area contributed by atoms with Gasteiger partial charge in [-0.15, -0.1) is 0 Å². The van der Waals surface area contributed by atoms with Crippen LogP contribution in [0.25, 0.3) is 0 Å². The van der Waals surface area contributed by atoms with Crippen molar-refractivity contribution in [3.8, 4) is 0 Å². The molecule has 1 heterocycles. The Morgan fingerprint density at radius 1 is 1.19 bits per heavy atom. The molecule has 0 radical (unpaired) electrons. The Morgan fingerprint density at radius 2 is 1.90 bits per heavy atom. The first kappa shape index (κ1) is 15.6. The number of hydrogen-bond donors (Lipinski definition) is 0. The number of rotatable bonds is 5. The van der Waals surface area contributed by atoms with Crippen LogP contribution >= 0.6 is 0 Å². The molecule has 5 nitrogen and oxygen atoms in total. The van der Waals surface area contributed by atoms with Gasteiger partial charge in [-0.1, -0.05) is 17.3 Å². The average Bonchev–Trinajstić information content (AvgIpc) is 2.78. The van der Waals surface area contributed by atoms with Crippen LogP contribution < -0.4 is 4.31 Å². The van der Waals surface area contributed by atoms with E-state index in [1.54, 1.807) is 13.0 Å². The summed E-state index contributed by atoms with van der Waals surface area (Å²) in [4.78, 5) is 0. The molecule has 0 unspecified atom stereocenters. The molecule has 0 spiro atoms. The van der Waals surface area contributed by atoms with Gasteiger partial charge in [-0.3, -0.25) is 4.31 Å². The van der Waals surface area contributed by atoms with Crippen molar-refractivity contribution in [2.75, 3.05) is 10.8 Å². The summed E-state index contributed by atoms with van der Waals surface area (Å²) in [5.74, 6) is 0.172. The van der Waals surface area contributed by atoms with Crippen LogP contribution in [0.5, 0.6) is 0 Å². The maximum atomic E-state index is 12.6. The van der Waals surface area contributed by atoms with E-state index in [4.69, 9.17) is 4.52 Å². The van der Waals surface area contributed by atoms with Gasteiger partial charge in [0.15, 0.2) is 5.76 Å². The van der Waals surface area contributed by atoms with E-state index in [9.17, 15) is 8.42 Å². The Labute approximate surface area is 125 Å². The van der Waals surface area contributed by atoms with Crippen molar-refractivity contribution in [3.05, 3.63) is 46.8 Å². The smallest absolute Gasteiger partial charge is 0.242 e. The van der Waals surface area contributed by atoms with Gasteiger partial charge in [0, 0.05) is 12.6 Å². The Balaban J connectivity index is 2.37. The Morgan fingerprint density at radius 3 is 2.48 bits per heavy atom. The molecule has 0 amide bonds. The molecule has 2 aromatic rings. The molecule has 114 valence electrons. The van der Waals surface area contributed by atoms with Crippen LogP contribution in [-0.2, 0) is 15.8 Å². The monoisotopic (exact) mass is 308 g/mol. The standard InChI is InChI=1S/C15H20N2O3S/c1-5-17(15-8-11(2)6-7-12(15)3)21(18,19)10-14-9-13(4)16-20-14/h6-9H,5,10H2,1-4H3. The molecule has 6 heteroatoms. The minimum Gasteiger partial charge on any atom is -0.360 e. The van der Waals surface area contributed by atoms with Crippen molar-refractivity contribution in [3.63, 3.8) is 0 Å². The summed E-state index contributed by atoms with van der Waals surface area (Å²) in [6.07, 6.45) is 0. The lowest BCUT2D eigenvalue weighted by atomic mass is 10.1. The third-order valence-corrected chi connectivity index (χ3v) is 5.03. The van der Waals surface area contributed by atoms with Crippen LogP contribution in [0.1, 0.15) is 29.5 Å². The molecular weight excluding hydrogens is 288 g/mol. The lowest BCUT2D eigenvalue weighted by Gasteiger charge is -2.24. The van der Waals surface area contributed by atoms with E-state index in [1.807, 2.05) is 39.0 Å². The van der Waals surface area contributed by atoms with Gasteiger partial charge in [-0.05, 0) is 44.9 Å². The molecule has 0 aliphatic heterocycles. The Bertz CT molecular complexity index is 735. The summed E-state index contributed by atoms with van der Waals surface area (Å²) in [5, 5.41) is 3.73. The van der Waals surface area contributed by atoms with Crippen LogP contribution in [-0.4, -0.2) is 20.1 Å². The summed E-state index contributed by atoms with van der Waals surface area (Å²) in [7, 11) is -3.50. The highest BCUT2D eigenvalue weighted by molar-refractivity contribution is 7.92. The zero-order valence-corrected chi connectivity index (χ0v) is 13.6. The van der Waals surface area contributed by atoms with Gasteiger partial charge >= 0.3 is 0 Å². The molecule has 2 rings (SSSR count). The fourth-order valence-corrected chi connectivity index (χ4v) is 3.79. The van der Waals surface area contributed by atoms with Gasteiger partial charge in [0.2, 0.25) is 10.0 Å². The lowest BCUT2D eigenvalue weighted by Crippen LogP contribution is -2.32. The normalized spacial score (nSPS) is 11.6. The van der Waals surface area contributed by atoms with E-state index in [2.05, 4.69) is 5.16 Å². The first-order chi connectivity index (χ1) is 9.83. The lowest BCUT2D eigenvalue weighted by molar-refractivity contribution is 0.388. The predicted molar refractivity (Wildman–Crippen MR) is 82.8 cm³/mol. The number of nitrogens with zero attached hydrogens (tertiary/aromatic N) is 2. The van der Waals surface area contributed by atoms with E-state index in [-0.39, 0.29) is 5.75 Å². The van der Waals surface area contributed by atoms with Crippen molar-refractivity contribution >= 4 is 15.7 Å². The van der Waals surface area contributed by atoms with Gasteiger partial charge in [0.05, 0.1) is 11.4 Å². The predicted octanol–water partition coefficient (Wildman–Crippen LogP) is 2.96. The SMILES string of the molecule is CCN(c1cc(C)ccc1C)S(=O)(=O)Cc1cc(C)no1. The molecule has 21 heavy (non-hydrogen) atoms. The number of benzene rings is 1. The Hall–Kier alpha value is -1.82. The summed E-state index contributed by atoms with van der Waals surface area (Å²) in [6, 6.07) is 7.44. The first-order valence-corrected chi connectivity index (χ1v) is 8.44. The van der Waals surface area contributed by atoms with Crippen LogP contribution in [0.15, 0.2) is 28.8 Å². The largest absolute Gasteiger partial charge is 0.360 e. The molecular formula is C15H20N2O3S. The van der Waals surface area contributed by atoms with E-state index in [1.165, 1.54) is 4.31 Å². The van der Waals surface area contributed by atoms with Crippen LogP contribution in [0.2, 0.25) is 0 Å². The molecule has 1 aromatic carbocycles. The highest BCUT2D eigenvalue weighted by atomic mass is 32.2. The van der Waals surface area contributed by atoms with Crippen molar-refractivity contribution in [2.45, 2.75) is 33.4 Å². The zero-order chi connectivity index (χ0) is 15.6. The van der Waals surface area contributed by atoms with Gasteiger partial charge in [0.1, 0.15) is 5.75 Å². The molecule has 0 atom stereocenters. The van der Waals surface area contributed by atoms with Crippen molar-refractivity contribution in [1.29, 1.82) is 0 Å². The molecule has 0 aliphatic rings. The number of sulfonamides is 1. The van der Waals surface area contributed by atoms with Crippen molar-refractivity contribution < 1.29 is 12.9 Å². The molecule has 0 saturated heterocycles. The van der Waals surface area contributed by atoms with Crippen molar-refractivity contribution in [2.24, 2.45) is 0 Å². The second kappa shape index (κ2) is 5.89. The van der Waals surface area contributed by atoms with E-state index >= 15 is 0 Å². The summed E-state index contributed by atoms with van der Waals surface area (Å²) >= 11 is 0. The minimum atomic E-state index is -3.50. The quantitative estimate of drug-likeness (QED) is 0.852. The minimum absolute atomic E-state index is 0.185. The summed E-state index contributed by atoms with van der Waals surface area (Å²) < 4.78 is 31.7. The second-order valence-corrected chi connectivity index (χ2v) is 7.04. The van der Waals surface area contributed by atoms with Crippen LogP contribution in [0.4, 0.5) is 5.69 Å². The van der Waals surface area contributed by atoms with E-state index in [0.717, 1.165) is 11.1 Å². The molecule has 0 bridgehead atoms. The van der Waals surface area contributed by atoms with Gasteiger partial charge < -0.3 is 4.52 Å². The molecule has 0 saturated carbocycles. The maximum Gasteiger partial charge on any atom is 0.242 e. The maximum absolute atomic E-state index is 12.6. The molecule has 0 fully saturated rings. The highest BCUT2D eigenvalue weighted by Crippen LogP contribution is 2.25. The zero-order valence-electron chi connectivity index (χ0n) is 12.8. The highest BCUT2D eigenvalue weighted by Gasteiger charge is 2.24. The first-order valence-electron chi connectivity index (χ1n) is 6.83. The number of aryl methyl sites for hydroxylation is 3. The molecule has 0 N–H and O–H groups in total. The van der Waals surface area contributed by atoms with Crippen LogP contribution in [0, 0.1) is 20.8 Å². The number of anilines is 1. The molecule has 1 aromatic heterocycles. The average molecular weight is 308 g/mol. The fourth-order valence-electron chi connectivity index (χ4n) is 2.25. The topological polar surface area (TPSA) is 63.4 Å².